The van der Waals surface area contributed by atoms with Crippen molar-refractivity contribution in [3.05, 3.63) is 40.3 Å². The maximum Gasteiger partial charge on any atom is 0.261 e. The Bertz CT molecular complexity index is 687. The molecular weight excluding hydrogens is 322 g/mol. The molecule has 1 aliphatic heterocycles. The number of nitrogens with zero attached hydrogens (tertiary/aromatic N) is 4. The molecule has 6 nitrogen and oxygen atoms in total. The number of carbonyl (C=O) groups is 1. The molecule has 7 heteroatoms. The molecule has 1 saturated heterocycles. The number of aromatic nitrogens is 2. The van der Waals surface area contributed by atoms with Crippen LogP contribution in [0, 0.1) is 12.8 Å². The summed E-state index contributed by atoms with van der Waals surface area (Å²) >= 11 is 1.49. The Kier molecular flexibility index (Phi) is 5.11. The summed E-state index contributed by atoms with van der Waals surface area (Å²) in [6.07, 6.45) is 3.51. The van der Waals surface area contributed by atoms with Gasteiger partial charge in [0.1, 0.15) is 0 Å². The summed E-state index contributed by atoms with van der Waals surface area (Å²) in [5.41, 5.74) is 1.03. The molecule has 0 aromatic carbocycles. The number of hydrogen-bond acceptors (Lipinski definition) is 6. The SMILES string of the molecule is Cc1ccsc1C(=O)N[C@@H]1CN(c2ncccn2)C[C@H]1CN(C)C. The minimum atomic E-state index is 0.0205. The zero-order valence-corrected chi connectivity index (χ0v) is 15.1. The third-order valence-electron chi connectivity index (χ3n) is 4.26. The third kappa shape index (κ3) is 3.73. The van der Waals surface area contributed by atoms with Crippen LogP contribution in [0.25, 0.3) is 0 Å². The molecule has 0 aliphatic carbocycles. The molecular formula is C17H23N5OS. The number of aryl methyl sites for hydroxylation is 1. The molecule has 128 valence electrons. The number of rotatable bonds is 5. The van der Waals surface area contributed by atoms with Crippen LogP contribution in [-0.4, -0.2) is 60.5 Å². The maximum atomic E-state index is 12.6. The summed E-state index contributed by atoms with van der Waals surface area (Å²) in [6, 6.07) is 3.89. The molecule has 2 aromatic heterocycles. The monoisotopic (exact) mass is 345 g/mol. The van der Waals surface area contributed by atoms with E-state index in [1.807, 2.05) is 24.4 Å². The second-order valence-electron chi connectivity index (χ2n) is 6.49. The van der Waals surface area contributed by atoms with Crippen molar-refractivity contribution >= 4 is 23.2 Å². The van der Waals surface area contributed by atoms with Gasteiger partial charge >= 0.3 is 0 Å². The standard InChI is InChI=1S/C17H23N5OS/c1-12-5-8-24-15(12)16(23)20-14-11-22(10-13(14)9-21(2)3)17-18-6-4-7-19-17/h4-8,13-14H,9-11H2,1-3H3,(H,20,23)/t13-,14-/m1/s1. The van der Waals surface area contributed by atoms with E-state index in [1.54, 1.807) is 12.4 Å². The lowest BCUT2D eigenvalue weighted by Crippen LogP contribution is -2.43. The lowest BCUT2D eigenvalue weighted by molar-refractivity contribution is 0.0931. The number of hydrogen-bond donors (Lipinski definition) is 1. The maximum absolute atomic E-state index is 12.6. The van der Waals surface area contributed by atoms with Crippen molar-refractivity contribution in [2.75, 3.05) is 38.6 Å². The van der Waals surface area contributed by atoms with Crippen LogP contribution in [0.5, 0.6) is 0 Å². The van der Waals surface area contributed by atoms with Crippen LogP contribution in [0.3, 0.4) is 0 Å². The predicted octanol–water partition coefficient (Wildman–Crippen LogP) is 1.64. The topological polar surface area (TPSA) is 61.4 Å². The van der Waals surface area contributed by atoms with Gasteiger partial charge in [-0.05, 0) is 44.1 Å². The summed E-state index contributed by atoms with van der Waals surface area (Å²) < 4.78 is 0. The van der Waals surface area contributed by atoms with E-state index in [0.29, 0.717) is 5.92 Å². The summed E-state index contributed by atoms with van der Waals surface area (Å²) in [6.45, 7) is 4.47. The lowest BCUT2D eigenvalue weighted by Gasteiger charge is -2.22. The Morgan fingerprint density at radius 1 is 1.38 bits per heavy atom. The lowest BCUT2D eigenvalue weighted by atomic mass is 10.0. The van der Waals surface area contributed by atoms with E-state index in [4.69, 9.17) is 0 Å². The number of nitrogens with one attached hydrogen (secondary N) is 1. The van der Waals surface area contributed by atoms with Crippen LogP contribution in [0.4, 0.5) is 5.95 Å². The van der Waals surface area contributed by atoms with E-state index in [-0.39, 0.29) is 11.9 Å². The van der Waals surface area contributed by atoms with Crippen molar-refractivity contribution in [2.24, 2.45) is 5.92 Å². The molecule has 0 saturated carbocycles. The third-order valence-corrected chi connectivity index (χ3v) is 5.28. The molecule has 24 heavy (non-hydrogen) atoms. The molecule has 0 unspecified atom stereocenters. The second-order valence-corrected chi connectivity index (χ2v) is 7.40. The molecule has 1 fully saturated rings. The normalized spacial score (nSPS) is 20.6. The first-order chi connectivity index (χ1) is 11.5. The van der Waals surface area contributed by atoms with Gasteiger partial charge in [-0.2, -0.15) is 0 Å². The van der Waals surface area contributed by atoms with Gasteiger partial charge in [0.15, 0.2) is 0 Å². The van der Waals surface area contributed by atoms with Gasteiger partial charge in [-0.25, -0.2) is 9.97 Å². The quantitative estimate of drug-likeness (QED) is 0.893. The smallest absolute Gasteiger partial charge is 0.261 e. The van der Waals surface area contributed by atoms with Gasteiger partial charge < -0.3 is 15.1 Å². The minimum absolute atomic E-state index is 0.0205. The number of thiophene rings is 1. The van der Waals surface area contributed by atoms with Gasteiger partial charge in [-0.1, -0.05) is 0 Å². The Hall–Kier alpha value is -1.99. The molecule has 0 spiro atoms. The summed E-state index contributed by atoms with van der Waals surface area (Å²) in [5, 5.41) is 5.18. The van der Waals surface area contributed by atoms with Gasteiger partial charge in [0.2, 0.25) is 5.95 Å². The van der Waals surface area contributed by atoms with Crippen molar-refractivity contribution in [2.45, 2.75) is 13.0 Å². The average Bonchev–Trinajstić information content (AvgIpc) is 3.14. The first-order valence-corrected chi connectivity index (χ1v) is 8.94. The van der Waals surface area contributed by atoms with Crippen molar-refractivity contribution < 1.29 is 4.79 Å². The van der Waals surface area contributed by atoms with Crippen LogP contribution < -0.4 is 10.2 Å². The Balaban J connectivity index is 1.74. The van der Waals surface area contributed by atoms with Crippen molar-refractivity contribution in [1.29, 1.82) is 0 Å². The highest BCUT2D eigenvalue weighted by atomic mass is 32.1. The van der Waals surface area contributed by atoms with E-state index in [0.717, 1.165) is 36.0 Å². The molecule has 2 aromatic rings. The van der Waals surface area contributed by atoms with Gasteiger partial charge in [0.05, 0.1) is 10.9 Å². The summed E-state index contributed by atoms with van der Waals surface area (Å²) in [4.78, 5) is 26.4. The minimum Gasteiger partial charge on any atom is -0.346 e. The zero-order valence-electron chi connectivity index (χ0n) is 14.3. The highest BCUT2D eigenvalue weighted by molar-refractivity contribution is 7.12. The molecule has 2 atom stereocenters. The van der Waals surface area contributed by atoms with Crippen LogP contribution >= 0.6 is 11.3 Å². The van der Waals surface area contributed by atoms with Crippen LogP contribution in [0.2, 0.25) is 0 Å². The first-order valence-electron chi connectivity index (χ1n) is 8.06. The summed E-state index contributed by atoms with van der Waals surface area (Å²) in [5.74, 6) is 1.09. The highest BCUT2D eigenvalue weighted by Gasteiger charge is 2.35. The predicted molar refractivity (Wildman–Crippen MR) is 96.6 cm³/mol. The first kappa shape index (κ1) is 16.9. The number of amides is 1. The van der Waals surface area contributed by atoms with Crippen molar-refractivity contribution in [3.63, 3.8) is 0 Å². The molecule has 0 bridgehead atoms. The molecule has 1 N–H and O–H groups in total. The molecule has 3 heterocycles. The van der Waals surface area contributed by atoms with Gasteiger partial charge in [0.25, 0.3) is 5.91 Å². The summed E-state index contributed by atoms with van der Waals surface area (Å²) in [7, 11) is 4.12. The van der Waals surface area contributed by atoms with E-state index in [9.17, 15) is 4.79 Å². The van der Waals surface area contributed by atoms with Gasteiger partial charge in [-0.15, -0.1) is 11.3 Å². The van der Waals surface area contributed by atoms with E-state index in [1.165, 1.54) is 11.3 Å². The van der Waals surface area contributed by atoms with E-state index < -0.39 is 0 Å². The fraction of sp³-hybridized carbons (Fsp3) is 0.471. The largest absolute Gasteiger partial charge is 0.346 e. The molecule has 0 radical (unpaired) electrons. The van der Waals surface area contributed by atoms with Crippen LogP contribution in [0.1, 0.15) is 15.2 Å². The Morgan fingerprint density at radius 2 is 2.12 bits per heavy atom. The molecule has 1 aliphatic rings. The van der Waals surface area contributed by atoms with E-state index in [2.05, 4.69) is 39.2 Å². The van der Waals surface area contributed by atoms with Gasteiger partial charge in [0, 0.05) is 37.9 Å². The number of carbonyl (C=O) groups excluding carboxylic acids is 1. The number of anilines is 1. The Morgan fingerprint density at radius 3 is 2.75 bits per heavy atom. The fourth-order valence-electron chi connectivity index (χ4n) is 3.15. The molecule has 3 rings (SSSR count). The fourth-order valence-corrected chi connectivity index (χ4v) is 3.97. The second kappa shape index (κ2) is 7.27. The Labute approximate surface area is 146 Å². The van der Waals surface area contributed by atoms with Crippen LogP contribution in [0.15, 0.2) is 29.9 Å². The van der Waals surface area contributed by atoms with Crippen molar-refractivity contribution in [1.82, 2.24) is 20.2 Å². The molecule has 1 amide bonds. The average molecular weight is 345 g/mol. The van der Waals surface area contributed by atoms with E-state index >= 15 is 0 Å². The van der Waals surface area contributed by atoms with Crippen molar-refractivity contribution in [3.8, 4) is 0 Å². The van der Waals surface area contributed by atoms with Gasteiger partial charge in [-0.3, -0.25) is 4.79 Å². The highest BCUT2D eigenvalue weighted by Crippen LogP contribution is 2.23. The van der Waals surface area contributed by atoms with Crippen LogP contribution in [-0.2, 0) is 0 Å². The zero-order chi connectivity index (χ0) is 17.1.